The summed E-state index contributed by atoms with van der Waals surface area (Å²) in [6.45, 7) is 2.65. The third kappa shape index (κ3) is 3.50. The smallest absolute Gasteiger partial charge is 0.249 e. The molecule has 0 radical (unpaired) electrons. The largest absolute Gasteiger partial charge is 0.351 e. The standard InChI is InChI=1S/C14H19N5O3S/c1-2-23(21,22)19-7-5-11(6-8-19)16-14-15-9-10-3-4-12(20)17-13(10)18-14/h3-4,9,11H,2,5-8H2,1H3,(H2,15,16,17,18,20). The van der Waals surface area contributed by atoms with Crippen molar-refractivity contribution in [1.82, 2.24) is 19.3 Å². The molecule has 0 atom stereocenters. The van der Waals surface area contributed by atoms with Crippen LogP contribution >= 0.6 is 0 Å². The Labute approximate surface area is 134 Å². The van der Waals surface area contributed by atoms with E-state index in [1.54, 1.807) is 19.2 Å². The molecule has 0 amide bonds. The van der Waals surface area contributed by atoms with Crippen LogP contribution in [0.1, 0.15) is 19.8 Å². The topological polar surface area (TPSA) is 108 Å². The van der Waals surface area contributed by atoms with E-state index in [1.807, 2.05) is 0 Å². The fraction of sp³-hybridized carbons (Fsp3) is 0.500. The van der Waals surface area contributed by atoms with Crippen molar-refractivity contribution in [1.29, 1.82) is 0 Å². The molecule has 1 aliphatic rings. The fourth-order valence-corrected chi connectivity index (χ4v) is 3.78. The van der Waals surface area contributed by atoms with Crippen LogP contribution in [0.3, 0.4) is 0 Å². The van der Waals surface area contributed by atoms with Crippen LogP contribution in [0.25, 0.3) is 11.0 Å². The Kier molecular flexibility index (Phi) is 4.31. The average Bonchev–Trinajstić information content (AvgIpc) is 2.55. The second-order valence-electron chi connectivity index (χ2n) is 5.54. The molecule has 1 saturated heterocycles. The number of piperidine rings is 1. The minimum atomic E-state index is -3.12. The van der Waals surface area contributed by atoms with Crippen molar-refractivity contribution < 1.29 is 8.42 Å². The molecule has 0 saturated carbocycles. The van der Waals surface area contributed by atoms with Crippen LogP contribution in [0.4, 0.5) is 5.95 Å². The highest BCUT2D eigenvalue weighted by molar-refractivity contribution is 7.89. The Balaban J connectivity index is 1.68. The molecule has 124 valence electrons. The van der Waals surface area contributed by atoms with Gasteiger partial charge < -0.3 is 10.3 Å². The van der Waals surface area contributed by atoms with Crippen LogP contribution in [0.15, 0.2) is 23.1 Å². The van der Waals surface area contributed by atoms with Crippen LogP contribution in [-0.4, -0.2) is 52.6 Å². The maximum Gasteiger partial charge on any atom is 0.249 e. The van der Waals surface area contributed by atoms with Crippen molar-refractivity contribution in [3.63, 3.8) is 0 Å². The molecule has 2 aromatic heterocycles. The molecule has 3 heterocycles. The Hall–Kier alpha value is -2.00. The Morgan fingerprint density at radius 3 is 2.78 bits per heavy atom. The van der Waals surface area contributed by atoms with E-state index in [4.69, 9.17) is 0 Å². The van der Waals surface area contributed by atoms with E-state index < -0.39 is 10.0 Å². The van der Waals surface area contributed by atoms with Crippen molar-refractivity contribution in [3.8, 4) is 0 Å². The summed E-state index contributed by atoms with van der Waals surface area (Å²) in [5, 5.41) is 3.98. The Bertz CT molecular complexity index is 856. The maximum absolute atomic E-state index is 11.8. The number of H-pyrrole nitrogens is 1. The van der Waals surface area contributed by atoms with Gasteiger partial charge in [0, 0.05) is 36.8 Å². The number of anilines is 1. The van der Waals surface area contributed by atoms with Crippen molar-refractivity contribution in [2.75, 3.05) is 24.2 Å². The van der Waals surface area contributed by atoms with Crippen LogP contribution in [0, 0.1) is 0 Å². The van der Waals surface area contributed by atoms with Gasteiger partial charge in [-0.05, 0) is 25.8 Å². The monoisotopic (exact) mass is 337 g/mol. The summed E-state index contributed by atoms with van der Waals surface area (Å²) in [4.78, 5) is 22.6. The zero-order valence-electron chi connectivity index (χ0n) is 12.8. The van der Waals surface area contributed by atoms with E-state index in [-0.39, 0.29) is 17.4 Å². The van der Waals surface area contributed by atoms with Gasteiger partial charge in [-0.3, -0.25) is 4.79 Å². The molecule has 2 N–H and O–H groups in total. The van der Waals surface area contributed by atoms with E-state index >= 15 is 0 Å². The highest BCUT2D eigenvalue weighted by Crippen LogP contribution is 2.17. The van der Waals surface area contributed by atoms with Gasteiger partial charge >= 0.3 is 0 Å². The van der Waals surface area contributed by atoms with Crippen LogP contribution in [0.5, 0.6) is 0 Å². The number of aromatic nitrogens is 3. The molecule has 23 heavy (non-hydrogen) atoms. The lowest BCUT2D eigenvalue weighted by Crippen LogP contribution is -2.43. The molecular weight excluding hydrogens is 318 g/mol. The minimum Gasteiger partial charge on any atom is -0.351 e. The van der Waals surface area contributed by atoms with Crippen LogP contribution < -0.4 is 10.9 Å². The zero-order chi connectivity index (χ0) is 16.4. The second-order valence-corrected chi connectivity index (χ2v) is 7.80. The number of hydrogen-bond donors (Lipinski definition) is 2. The highest BCUT2D eigenvalue weighted by atomic mass is 32.2. The van der Waals surface area contributed by atoms with E-state index in [2.05, 4.69) is 20.3 Å². The van der Waals surface area contributed by atoms with E-state index in [0.29, 0.717) is 37.5 Å². The first-order chi connectivity index (χ1) is 11.0. The predicted molar refractivity (Wildman–Crippen MR) is 87.8 cm³/mol. The van der Waals surface area contributed by atoms with E-state index in [9.17, 15) is 13.2 Å². The number of nitrogens with one attached hydrogen (secondary N) is 2. The summed E-state index contributed by atoms with van der Waals surface area (Å²) in [6.07, 6.45) is 3.05. The predicted octanol–water partition coefficient (Wildman–Crippen LogP) is 0.544. The lowest BCUT2D eigenvalue weighted by molar-refractivity contribution is 0.329. The summed E-state index contributed by atoms with van der Waals surface area (Å²) in [6, 6.07) is 3.22. The Morgan fingerprint density at radius 2 is 2.09 bits per heavy atom. The highest BCUT2D eigenvalue weighted by Gasteiger charge is 2.26. The third-order valence-electron chi connectivity index (χ3n) is 4.02. The zero-order valence-corrected chi connectivity index (χ0v) is 13.6. The van der Waals surface area contributed by atoms with Crippen molar-refractivity contribution in [2.24, 2.45) is 0 Å². The average molecular weight is 337 g/mol. The molecule has 0 unspecified atom stereocenters. The maximum atomic E-state index is 11.8. The number of fused-ring (bicyclic) bond motifs is 1. The van der Waals surface area contributed by atoms with Crippen molar-refractivity contribution in [3.05, 3.63) is 28.7 Å². The SMILES string of the molecule is CCS(=O)(=O)N1CCC(Nc2ncc3ccc(=O)[nH]c3n2)CC1. The number of rotatable bonds is 4. The minimum absolute atomic E-state index is 0.117. The van der Waals surface area contributed by atoms with E-state index in [0.717, 1.165) is 5.39 Å². The normalized spacial score (nSPS) is 17.4. The van der Waals surface area contributed by atoms with Gasteiger partial charge in [-0.2, -0.15) is 4.98 Å². The number of sulfonamides is 1. The summed E-state index contributed by atoms with van der Waals surface area (Å²) in [5.74, 6) is 0.572. The fourth-order valence-electron chi connectivity index (χ4n) is 2.65. The first-order valence-corrected chi connectivity index (χ1v) is 9.19. The van der Waals surface area contributed by atoms with Gasteiger partial charge in [0.1, 0.15) is 5.65 Å². The molecule has 8 nitrogen and oxygen atoms in total. The van der Waals surface area contributed by atoms with Crippen LogP contribution in [-0.2, 0) is 10.0 Å². The van der Waals surface area contributed by atoms with E-state index in [1.165, 1.54) is 10.4 Å². The third-order valence-corrected chi connectivity index (χ3v) is 5.90. The molecule has 2 aromatic rings. The summed E-state index contributed by atoms with van der Waals surface area (Å²) >= 11 is 0. The molecule has 9 heteroatoms. The first-order valence-electron chi connectivity index (χ1n) is 7.58. The molecule has 0 aromatic carbocycles. The summed E-state index contributed by atoms with van der Waals surface area (Å²) < 4.78 is 25.2. The van der Waals surface area contributed by atoms with Gasteiger partial charge in [-0.15, -0.1) is 0 Å². The van der Waals surface area contributed by atoms with Gasteiger partial charge in [-0.1, -0.05) is 0 Å². The second kappa shape index (κ2) is 6.25. The molecular formula is C14H19N5O3S. The van der Waals surface area contributed by atoms with Gasteiger partial charge in [-0.25, -0.2) is 17.7 Å². The number of nitrogens with zero attached hydrogens (tertiary/aromatic N) is 3. The Morgan fingerprint density at radius 1 is 1.35 bits per heavy atom. The first kappa shape index (κ1) is 15.9. The van der Waals surface area contributed by atoms with Gasteiger partial charge in [0.2, 0.25) is 21.5 Å². The van der Waals surface area contributed by atoms with Gasteiger partial charge in [0.15, 0.2) is 0 Å². The number of pyridine rings is 1. The summed E-state index contributed by atoms with van der Waals surface area (Å²) in [5.41, 5.74) is 0.279. The molecule has 0 aliphatic carbocycles. The molecule has 3 rings (SSSR count). The lowest BCUT2D eigenvalue weighted by Gasteiger charge is -2.31. The van der Waals surface area contributed by atoms with Crippen molar-refractivity contribution in [2.45, 2.75) is 25.8 Å². The van der Waals surface area contributed by atoms with Gasteiger partial charge in [0.25, 0.3) is 0 Å². The van der Waals surface area contributed by atoms with Crippen molar-refractivity contribution >= 4 is 27.0 Å². The molecule has 0 spiro atoms. The lowest BCUT2D eigenvalue weighted by atomic mass is 10.1. The number of aromatic amines is 1. The molecule has 1 aliphatic heterocycles. The molecule has 0 bridgehead atoms. The quantitative estimate of drug-likeness (QED) is 0.843. The number of hydrogen-bond acceptors (Lipinski definition) is 6. The van der Waals surface area contributed by atoms with Gasteiger partial charge in [0.05, 0.1) is 5.75 Å². The molecule has 1 fully saturated rings. The van der Waals surface area contributed by atoms with Crippen LogP contribution in [0.2, 0.25) is 0 Å². The summed E-state index contributed by atoms with van der Waals surface area (Å²) in [7, 11) is -3.12.